The van der Waals surface area contributed by atoms with Crippen molar-refractivity contribution in [3.05, 3.63) is 27.8 Å². The highest BCUT2D eigenvalue weighted by Crippen LogP contribution is 2.35. The molecule has 1 rings (SSSR count). The number of halogens is 1. The molecule has 0 heterocycles. The zero-order chi connectivity index (χ0) is 13.7. The molecule has 1 aromatic carbocycles. The van der Waals surface area contributed by atoms with Crippen LogP contribution in [0.5, 0.6) is 11.5 Å². The molecule has 0 spiro atoms. The summed E-state index contributed by atoms with van der Waals surface area (Å²) in [6, 6.07) is 2.90. The zero-order valence-electron chi connectivity index (χ0n) is 10.6. The lowest BCUT2D eigenvalue weighted by Gasteiger charge is -2.13. The lowest BCUT2D eigenvalue weighted by molar-refractivity contribution is -0.385. The van der Waals surface area contributed by atoms with Crippen LogP contribution in [0.4, 0.5) is 5.69 Å². The van der Waals surface area contributed by atoms with Gasteiger partial charge < -0.3 is 9.47 Å². The minimum atomic E-state index is -0.473. The van der Waals surface area contributed by atoms with Crippen molar-refractivity contribution in [2.45, 2.75) is 19.7 Å². The molecule has 1 aromatic rings. The van der Waals surface area contributed by atoms with Crippen molar-refractivity contribution in [3.63, 3.8) is 0 Å². The molecule has 100 valence electrons. The quantitative estimate of drug-likeness (QED) is 0.453. The molecular formula is C12H16ClNO4. The first-order chi connectivity index (χ1) is 8.49. The van der Waals surface area contributed by atoms with E-state index >= 15 is 0 Å². The summed E-state index contributed by atoms with van der Waals surface area (Å²) in [6.07, 6.45) is 0. The van der Waals surface area contributed by atoms with E-state index in [4.69, 9.17) is 21.1 Å². The van der Waals surface area contributed by atoms with Gasteiger partial charge in [0.1, 0.15) is 0 Å². The SMILES string of the molecule is COc1cc(CCl)c([N+](=O)[O-])cc1OCC(C)C. The van der Waals surface area contributed by atoms with Crippen LogP contribution in [0.3, 0.4) is 0 Å². The Morgan fingerprint density at radius 1 is 1.39 bits per heavy atom. The van der Waals surface area contributed by atoms with Gasteiger partial charge in [0.25, 0.3) is 5.69 Å². The van der Waals surface area contributed by atoms with E-state index in [0.29, 0.717) is 29.6 Å². The predicted molar refractivity (Wildman–Crippen MR) is 69.5 cm³/mol. The summed E-state index contributed by atoms with van der Waals surface area (Å²) in [5.41, 5.74) is 0.361. The Hall–Kier alpha value is -1.49. The molecule has 0 aromatic heterocycles. The molecule has 0 atom stereocenters. The first kappa shape index (κ1) is 14.6. The first-order valence-electron chi connectivity index (χ1n) is 5.53. The standard InChI is InChI=1S/C12H16ClNO4/c1-8(2)7-18-12-5-10(14(15)16)9(6-13)4-11(12)17-3/h4-5,8H,6-7H2,1-3H3. The molecule has 0 N–H and O–H groups in total. The number of nitrogens with zero attached hydrogens (tertiary/aromatic N) is 1. The first-order valence-corrected chi connectivity index (χ1v) is 6.07. The van der Waals surface area contributed by atoms with Gasteiger partial charge in [0.05, 0.1) is 30.6 Å². The van der Waals surface area contributed by atoms with E-state index in [9.17, 15) is 10.1 Å². The fourth-order valence-corrected chi connectivity index (χ4v) is 1.61. The Balaban J connectivity index is 3.14. The van der Waals surface area contributed by atoms with Gasteiger partial charge in [-0.25, -0.2) is 0 Å². The van der Waals surface area contributed by atoms with E-state index in [1.54, 1.807) is 6.07 Å². The molecule has 0 saturated carbocycles. The van der Waals surface area contributed by atoms with Gasteiger partial charge in [-0.3, -0.25) is 10.1 Å². The molecule has 0 amide bonds. The maximum Gasteiger partial charge on any atom is 0.277 e. The van der Waals surface area contributed by atoms with E-state index < -0.39 is 4.92 Å². The lowest BCUT2D eigenvalue weighted by Crippen LogP contribution is -2.06. The third-order valence-electron chi connectivity index (χ3n) is 2.28. The average Bonchev–Trinajstić information content (AvgIpc) is 2.34. The summed E-state index contributed by atoms with van der Waals surface area (Å²) in [5, 5.41) is 10.9. The van der Waals surface area contributed by atoms with Crippen LogP contribution in [-0.4, -0.2) is 18.6 Å². The van der Waals surface area contributed by atoms with Crippen molar-refractivity contribution in [3.8, 4) is 11.5 Å². The van der Waals surface area contributed by atoms with E-state index in [2.05, 4.69) is 0 Å². The van der Waals surface area contributed by atoms with Gasteiger partial charge in [-0.15, -0.1) is 11.6 Å². The Morgan fingerprint density at radius 2 is 2.06 bits per heavy atom. The van der Waals surface area contributed by atoms with Crippen LogP contribution < -0.4 is 9.47 Å². The number of nitro benzene ring substituents is 1. The molecule has 0 bridgehead atoms. The minimum absolute atomic E-state index is 0.0513. The molecule has 0 saturated heterocycles. The van der Waals surface area contributed by atoms with Crippen molar-refractivity contribution in [1.29, 1.82) is 0 Å². The molecule has 18 heavy (non-hydrogen) atoms. The minimum Gasteiger partial charge on any atom is -0.493 e. The highest BCUT2D eigenvalue weighted by atomic mass is 35.5. The predicted octanol–water partition coefficient (Wildman–Crippen LogP) is 3.38. The number of hydrogen-bond donors (Lipinski definition) is 0. The Kier molecular flexibility index (Phi) is 5.22. The summed E-state index contributed by atoms with van der Waals surface area (Å²) >= 11 is 5.68. The van der Waals surface area contributed by atoms with Gasteiger partial charge in [0.15, 0.2) is 11.5 Å². The van der Waals surface area contributed by atoms with E-state index in [0.717, 1.165) is 0 Å². The second kappa shape index (κ2) is 6.44. The van der Waals surface area contributed by atoms with E-state index in [1.807, 2.05) is 13.8 Å². The molecule has 0 radical (unpaired) electrons. The number of rotatable bonds is 6. The average molecular weight is 274 g/mol. The van der Waals surface area contributed by atoms with Gasteiger partial charge in [-0.05, 0) is 12.0 Å². The van der Waals surface area contributed by atoms with Crippen molar-refractivity contribution in [1.82, 2.24) is 0 Å². The lowest BCUT2D eigenvalue weighted by atomic mass is 10.1. The number of methoxy groups -OCH3 is 1. The third kappa shape index (κ3) is 3.50. The zero-order valence-corrected chi connectivity index (χ0v) is 11.4. The van der Waals surface area contributed by atoms with Gasteiger partial charge in [-0.2, -0.15) is 0 Å². The smallest absolute Gasteiger partial charge is 0.277 e. The highest BCUT2D eigenvalue weighted by Gasteiger charge is 2.19. The Bertz CT molecular complexity index is 434. The van der Waals surface area contributed by atoms with Gasteiger partial charge >= 0.3 is 0 Å². The summed E-state index contributed by atoms with van der Waals surface area (Å²) in [5.74, 6) is 1.20. The summed E-state index contributed by atoms with van der Waals surface area (Å²) < 4.78 is 10.7. The maximum atomic E-state index is 10.9. The van der Waals surface area contributed by atoms with Crippen molar-refractivity contribution in [2.75, 3.05) is 13.7 Å². The Morgan fingerprint density at radius 3 is 2.50 bits per heavy atom. The maximum absolute atomic E-state index is 10.9. The van der Waals surface area contributed by atoms with Crippen molar-refractivity contribution in [2.24, 2.45) is 5.92 Å². The fourth-order valence-electron chi connectivity index (χ4n) is 1.40. The molecule has 0 unspecified atom stereocenters. The number of ether oxygens (including phenoxy) is 2. The van der Waals surface area contributed by atoms with Crippen molar-refractivity contribution >= 4 is 17.3 Å². The van der Waals surface area contributed by atoms with Gasteiger partial charge in [0.2, 0.25) is 0 Å². The number of nitro groups is 1. The monoisotopic (exact) mass is 273 g/mol. The van der Waals surface area contributed by atoms with Crippen LogP contribution in [0.2, 0.25) is 0 Å². The fraction of sp³-hybridized carbons (Fsp3) is 0.500. The van der Waals surface area contributed by atoms with E-state index in [-0.39, 0.29) is 11.6 Å². The topological polar surface area (TPSA) is 61.6 Å². The van der Waals surface area contributed by atoms with Gasteiger partial charge in [-0.1, -0.05) is 13.8 Å². The molecule has 0 fully saturated rings. The molecular weight excluding hydrogens is 258 g/mol. The summed E-state index contributed by atoms with van der Waals surface area (Å²) in [6.45, 7) is 4.45. The normalized spacial score (nSPS) is 10.5. The second-order valence-corrected chi connectivity index (χ2v) is 4.49. The molecule has 0 aliphatic rings. The summed E-state index contributed by atoms with van der Waals surface area (Å²) in [7, 11) is 1.49. The highest BCUT2D eigenvalue weighted by molar-refractivity contribution is 6.17. The molecule has 5 nitrogen and oxygen atoms in total. The number of hydrogen-bond acceptors (Lipinski definition) is 4. The van der Waals surface area contributed by atoms with Crippen LogP contribution in [0.25, 0.3) is 0 Å². The van der Waals surface area contributed by atoms with E-state index in [1.165, 1.54) is 13.2 Å². The van der Waals surface area contributed by atoms with Crippen molar-refractivity contribution < 1.29 is 14.4 Å². The Labute approximate surface area is 111 Å². The van der Waals surface area contributed by atoms with Crippen LogP contribution >= 0.6 is 11.6 Å². The van der Waals surface area contributed by atoms with Crippen LogP contribution in [0, 0.1) is 16.0 Å². The molecule has 6 heteroatoms. The second-order valence-electron chi connectivity index (χ2n) is 4.23. The van der Waals surface area contributed by atoms with Crippen LogP contribution in [0.15, 0.2) is 12.1 Å². The number of benzene rings is 1. The number of alkyl halides is 1. The molecule has 0 aliphatic heterocycles. The van der Waals surface area contributed by atoms with Gasteiger partial charge in [0, 0.05) is 5.56 Å². The third-order valence-corrected chi connectivity index (χ3v) is 2.57. The largest absolute Gasteiger partial charge is 0.493 e. The molecule has 0 aliphatic carbocycles. The van der Waals surface area contributed by atoms with Crippen LogP contribution in [0.1, 0.15) is 19.4 Å². The summed E-state index contributed by atoms with van der Waals surface area (Å²) in [4.78, 5) is 10.4. The van der Waals surface area contributed by atoms with Crippen LogP contribution in [-0.2, 0) is 5.88 Å².